The SMILES string of the molecule is N#Cc1ccc(NC(=O)N2CCC(C(=O)O)CC2)cc1Br. The van der Waals surface area contributed by atoms with E-state index in [1.54, 1.807) is 23.1 Å². The molecule has 0 spiro atoms. The quantitative estimate of drug-likeness (QED) is 0.856. The van der Waals surface area contributed by atoms with Crippen molar-refractivity contribution in [2.24, 2.45) is 5.92 Å². The number of carbonyl (C=O) groups is 2. The van der Waals surface area contributed by atoms with Crippen molar-refractivity contribution in [1.29, 1.82) is 5.26 Å². The van der Waals surface area contributed by atoms with Crippen molar-refractivity contribution in [2.45, 2.75) is 12.8 Å². The number of rotatable bonds is 2. The fourth-order valence-electron chi connectivity index (χ4n) is 2.22. The summed E-state index contributed by atoms with van der Waals surface area (Å²) in [5, 5.41) is 20.5. The number of hydrogen-bond acceptors (Lipinski definition) is 3. The maximum absolute atomic E-state index is 12.1. The van der Waals surface area contributed by atoms with Gasteiger partial charge >= 0.3 is 12.0 Å². The number of carbonyl (C=O) groups excluding carboxylic acids is 1. The van der Waals surface area contributed by atoms with Crippen LogP contribution in [0.4, 0.5) is 10.5 Å². The number of carboxylic acid groups (broad SMARTS) is 1. The van der Waals surface area contributed by atoms with Crippen molar-refractivity contribution >= 4 is 33.6 Å². The third kappa shape index (κ3) is 3.73. The number of nitrogens with zero attached hydrogens (tertiary/aromatic N) is 2. The van der Waals surface area contributed by atoms with Crippen molar-refractivity contribution in [1.82, 2.24) is 4.90 Å². The van der Waals surface area contributed by atoms with Crippen LogP contribution in [-0.2, 0) is 4.79 Å². The molecule has 7 heteroatoms. The minimum absolute atomic E-state index is 0.254. The Bertz CT molecular complexity index is 604. The maximum atomic E-state index is 12.1. The van der Waals surface area contributed by atoms with Crippen LogP contribution in [0, 0.1) is 17.2 Å². The predicted octanol–water partition coefficient (Wildman–Crippen LogP) is 2.65. The molecule has 1 aromatic rings. The first-order chi connectivity index (χ1) is 10.0. The molecule has 21 heavy (non-hydrogen) atoms. The van der Waals surface area contributed by atoms with E-state index in [1.165, 1.54) is 0 Å². The van der Waals surface area contributed by atoms with Crippen LogP contribution >= 0.6 is 15.9 Å². The Balaban J connectivity index is 1.95. The van der Waals surface area contributed by atoms with Gasteiger partial charge in [-0.1, -0.05) is 0 Å². The molecule has 6 nitrogen and oxygen atoms in total. The standard InChI is InChI=1S/C14H14BrN3O3/c15-12-7-11(2-1-10(12)8-16)17-14(21)18-5-3-9(4-6-18)13(19)20/h1-2,7,9H,3-6H2,(H,17,21)(H,19,20). The molecule has 0 radical (unpaired) electrons. The Morgan fingerprint density at radius 2 is 2.05 bits per heavy atom. The number of nitrogens with one attached hydrogen (secondary N) is 1. The zero-order chi connectivity index (χ0) is 15.4. The van der Waals surface area contributed by atoms with E-state index in [0.717, 1.165) is 0 Å². The number of nitriles is 1. The van der Waals surface area contributed by atoms with E-state index in [2.05, 4.69) is 21.2 Å². The van der Waals surface area contributed by atoms with Gasteiger partial charge in [0.25, 0.3) is 0 Å². The Morgan fingerprint density at radius 1 is 1.38 bits per heavy atom. The molecule has 0 bridgehead atoms. The molecule has 1 aliphatic heterocycles. The summed E-state index contributed by atoms with van der Waals surface area (Å²) < 4.78 is 0.618. The maximum Gasteiger partial charge on any atom is 0.321 e. The first kappa shape index (κ1) is 15.3. The van der Waals surface area contributed by atoms with Crippen LogP contribution < -0.4 is 5.32 Å². The van der Waals surface area contributed by atoms with Crippen LogP contribution in [0.5, 0.6) is 0 Å². The Labute approximate surface area is 130 Å². The van der Waals surface area contributed by atoms with Crippen molar-refractivity contribution in [2.75, 3.05) is 18.4 Å². The Hall–Kier alpha value is -2.07. The van der Waals surface area contributed by atoms with E-state index < -0.39 is 5.97 Å². The smallest absolute Gasteiger partial charge is 0.321 e. The van der Waals surface area contributed by atoms with E-state index >= 15 is 0 Å². The summed E-state index contributed by atoms with van der Waals surface area (Å²) in [6.45, 7) is 0.862. The number of likely N-dealkylation sites (tertiary alicyclic amines) is 1. The molecular weight excluding hydrogens is 338 g/mol. The molecule has 2 rings (SSSR count). The van der Waals surface area contributed by atoms with Gasteiger partial charge in [-0.25, -0.2) is 4.79 Å². The number of urea groups is 1. The highest BCUT2D eigenvalue weighted by Crippen LogP contribution is 2.22. The van der Waals surface area contributed by atoms with Crippen molar-refractivity contribution in [3.63, 3.8) is 0 Å². The molecular formula is C14H14BrN3O3. The van der Waals surface area contributed by atoms with Gasteiger partial charge in [0, 0.05) is 23.2 Å². The summed E-state index contributed by atoms with van der Waals surface area (Å²) in [6, 6.07) is 6.72. The van der Waals surface area contributed by atoms with Gasteiger partial charge in [0.15, 0.2) is 0 Å². The van der Waals surface area contributed by atoms with E-state index in [-0.39, 0.29) is 11.9 Å². The lowest BCUT2D eigenvalue weighted by Gasteiger charge is -2.30. The highest BCUT2D eigenvalue weighted by molar-refractivity contribution is 9.10. The van der Waals surface area contributed by atoms with Crippen LogP contribution in [0.2, 0.25) is 0 Å². The Morgan fingerprint density at radius 3 is 2.57 bits per heavy atom. The summed E-state index contributed by atoms with van der Waals surface area (Å²) in [5.41, 5.74) is 1.08. The number of hydrogen-bond donors (Lipinski definition) is 2. The lowest BCUT2D eigenvalue weighted by atomic mass is 9.97. The summed E-state index contributed by atoms with van der Waals surface area (Å²) in [7, 11) is 0. The van der Waals surface area contributed by atoms with Gasteiger partial charge in [0.05, 0.1) is 11.5 Å². The number of anilines is 1. The van der Waals surface area contributed by atoms with Gasteiger partial charge in [-0.05, 0) is 47.0 Å². The summed E-state index contributed by atoms with van der Waals surface area (Å²) >= 11 is 3.26. The van der Waals surface area contributed by atoms with Crippen molar-refractivity contribution < 1.29 is 14.7 Å². The highest BCUT2D eigenvalue weighted by Gasteiger charge is 2.26. The molecule has 110 valence electrons. The second kappa shape index (κ2) is 6.59. The van der Waals surface area contributed by atoms with Crippen molar-refractivity contribution in [3.05, 3.63) is 28.2 Å². The van der Waals surface area contributed by atoms with Gasteiger partial charge in [0.1, 0.15) is 6.07 Å². The fraction of sp³-hybridized carbons (Fsp3) is 0.357. The number of amides is 2. The Kier molecular flexibility index (Phi) is 4.81. The van der Waals surface area contributed by atoms with Gasteiger partial charge < -0.3 is 15.3 Å². The van der Waals surface area contributed by atoms with Crippen molar-refractivity contribution in [3.8, 4) is 6.07 Å². The second-order valence-electron chi connectivity index (χ2n) is 4.84. The predicted molar refractivity (Wildman–Crippen MR) is 79.8 cm³/mol. The minimum atomic E-state index is -0.800. The van der Waals surface area contributed by atoms with E-state index in [1.807, 2.05) is 6.07 Å². The fourth-order valence-corrected chi connectivity index (χ4v) is 2.68. The topological polar surface area (TPSA) is 93.4 Å². The number of aliphatic carboxylic acids is 1. The number of carboxylic acids is 1. The van der Waals surface area contributed by atoms with Crippen LogP contribution in [0.25, 0.3) is 0 Å². The first-order valence-corrected chi connectivity index (χ1v) is 7.29. The molecule has 1 saturated heterocycles. The highest BCUT2D eigenvalue weighted by atomic mass is 79.9. The molecule has 2 N–H and O–H groups in total. The molecule has 0 aliphatic carbocycles. The number of piperidine rings is 1. The molecule has 0 atom stereocenters. The van der Waals surface area contributed by atoms with Crippen LogP contribution in [-0.4, -0.2) is 35.1 Å². The van der Waals surface area contributed by atoms with E-state index in [0.29, 0.717) is 41.7 Å². The molecule has 1 aliphatic rings. The zero-order valence-electron chi connectivity index (χ0n) is 11.2. The van der Waals surface area contributed by atoms with Crippen LogP contribution in [0.15, 0.2) is 22.7 Å². The molecule has 1 aromatic carbocycles. The van der Waals surface area contributed by atoms with E-state index in [4.69, 9.17) is 10.4 Å². The van der Waals surface area contributed by atoms with Gasteiger partial charge in [-0.3, -0.25) is 4.79 Å². The van der Waals surface area contributed by atoms with E-state index in [9.17, 15) is 9.59 Å². The number of benzene rings is 1. The number of halogens is 1. The molecule has 0 saturated carbocycles. The van der Waals surface area contributed by atoms with Gasteiger partial charge in [-0.15, -0.1) is 0 Å². The minimum Gasteiger partial charge on any atom is -0.481 e. The normalized spacial score (nSPS) is 15.3. The average Bonchev–Trinajstić information content (AvgIpc) is 2.47. The second-order valence-corrected chi connectivity index (χ2v) is 5.69. The first-order valence-electron chi connectivity index (χ1n) is 6.49. The molecule has 1 heterocycles. The summed E-state index contributed by atoms with van der Waals surface area (Å²) in [6.07, 6.45) is 0.944. The van der Waals surface area contributed by atoms with Gasteiger partial charge in [-0.2, -0.15) is 5.26 Å². The molecule has 1 fully saturated rings. The molecule has 0 aromatic heterocycles. The third-order valence-corrected chi connectivity index (χ3v) is 4.13. The van der Waals surface area contributed by atoms with Crippen LogP contribution in [0.1, 0.15) is 18.4 Å². The lowest BCUT2D eigenvalue weighted by molar-refractivity contribution is -0.143. The lowest BCUT2D eigenvalue weighted by Crippen LogP contribution is -2.42. The summed E-state index contributed by atoms with van der Waals surface area (Å²) in [4.78, 5) is 24.6. The monoisotopic (exact) mass is 351 g/mol. The zero-order valence-corrected chi connectivity index (χ0v) is 12.8. The van der Waals surface area contributed by atoms with Gasteiger partial charge in [0.2, 0.25) is 0 Å². The molecule has 0 unspecified atom stereocenters. The average molecular weight is 352 g/mol. The summed E-state index contributed by atoms with van der Waals surface area (Å²) in [5.74, 6) is -1.16. The largest absolute Gasteiger partial charge is 0.481 e. The third-order valence-electron chi connectivity index (χ3n) is 3.47. The van der Waals surface area contributed by atoms with Crippen LogP contribution in [0.3, 0.4) is 0 Å². The molecule has 2 amide bonds.